The van der Waals surface area contributed by atoms with Crippen LogP contribution < -0.4 is 20.7 Å². The van der Waals surface area contributed by atoms with Crippen molar-refractivity contribution in [3.8, 4) is 5.75 Å². The molecule has 2 amide bonds. The maximum Gasteiger partial charge on any atom is 0.261 e. The van der Waals surface area contributed by atoms with Gasteiger partial charge < -0.3 is 15.4 Å². The van der Waals surface area contributed by atoms with Gasteiger partial charge in [0.25, 0.3) is 5.91 Å². The molecule has 0 aromatic heterocycles. The summed E-state index contributed by atoms with van der Waals surface area (Å²) in [6.45, 7) is 5.97. The Labute approximate surface area is 170 Å². The number of anilines is 2. The molecule has 0 bridgehead atoms. The number of aryl methyl sites for hydroxylation is 1. The third-order valence-corrected chi connectivity index (χ3v) is 4.12. The lowest BCUT2D eigenvalue weighted by atomic mass is 10.1. The van der Waals surface area contributed by atoms with E-state index in [2.05, 4.69) is 22.9 Å². The van der Waals surface area contributed by atoms with Crippen molar-refractivity contribution in [3.05, 3.63) is 53.6 Å². The van der Waals surface area contributed by atoms with Gasteiger partial charge in [0.1, 0.15) is 5.75 Å². The Bertz CT molecular complexity index is 868. The number of hydrogen-bond donors (Lipinski definition) is 3. The number of hydrogen-bond acceptors (Lipinski definition) is 4. The zero-order chi connectivity index (χ0) is 20.5. The average molecular weight is 400 g/mol. The number of amides is 2. The van der Waals surface area contributed by atoms with E-state index in [9.17, 15) is 9.59 Å². The van der Waals surface area contributed by atoms with Gasteiger partial charge in [-0.05, 0) is 55.4 Å². The fraction of sp³-hybridized carbons (Fsp3) is 0.286. The number of unbranched alkanes of at least 4 members (excludes halogenated alkanes) is 1. The summed E-state index contributed by atoms with van der Waals surface area (Å²) in [5, 5.41) is 8.54. The number of nitrogens with one attached hydrogen (secondary N) is 3. The molecule has 6 nitrogen and oxygen atoms in total. The molecule has 0 aliphatic rings. The van der Waals surface area contributed by atoms with Crippen molar-refractivity contribution in [2.24, 2.45) is 0 Å². The standard InChI is InChI=1S/C21H25N3O3S/c1-4-5-12-27-19-9-7-6-8-17(19)20(26)24-21(28)23-16-11-10-14(2)18(13-16)22-15(3)25/h6-11,13H,4-5,12H2,1-3H3,(H,22,25)(H2,23,24,26,28). The third kappa shape index (κ3) is 6.35. The summed E-state index contributed by atoms with van der Waals surface area (Å²) < 4.78 is 5.70. The maximum absolute atomic E-state index is 12.6. The summed E-state index contributed by atoms with van der Waals surface area (Å²) in [6, 6.07) is 12.5. The number of ether oxygens (including phenoxy) is 1. The first kappa shape index (κ1) is 21.4. The molecule has 0 saturated heterocycles. The van der Waals surface area contributed by atoms with E-state index >= 15 is 0 Å². The Hall–Kier alpha value is -2.93. The van der Waals surface area contributed by atoms with Crippen molar-refractivity contribution in [2.45, 2.75) is 33.6 Å². The molecule has 2 aromatic carbocycles. The number of benzene rings is 2. The first-order valence-corrected chi connectivity index (χ1v) is 9.54. The van der Waals surface area contributed by atoms with E-state index in [0.29, 0.717) is 29.3 Å². The van der Waals surface area contributed by atoms with E-state index in [4.69, 9.17) is 17.0 Å². The zero-order valence-electron chi connectivity index (χ0n) is 16.3. The number of carbonyl (C=O) groups is 2. The van der Waals surface area contributed by atoms with Crippen LogP contribution in [0.2, 0.25) is 0 Å². The number of rotatable bonds is 7. The van der Waals surface area contributed by atoms with Gasteiger partial charge in [-0.2, -0.15) is 0 Å². The van der Waals surface area contributed by atoms with Crippen molar-refractivity contribution in [1.29, 1.82) is 0 Å². The molecule has 0 radical (unpaired) electrons. The van der Waals surface area contributed by atoms with Crippen LogP contribution in [0.3, 0.4) is 0 Å². The summed E-state index contributed by atoms with van der Waals surface area (Å²) in [5.74, 6) is 0.0223. The van der Waals surface area contributed by atoms with E-state index in [0.717, 1.165) is 18.4 Å². The molecule has 2 rings (SSSR count). The van der Waals surface area contributed by atoms with E-state index in [1.54, 1.807) is 24.3 Å². The van der Waals surface area contributed by atoms with E-state index in [1.165, 1.54) is 6.92 Å². The van der Waals surface area contributed by atoms with Gasteiger partial charge in [-0.1, -0.05) is 31.5 Å². The quantitative estimate of drug-likeness (QED) is 0.479. The molecule has 0 spiro atoms. The Morgan fingerprint density at radius 2 is 1.86 bits per heavy atom. The van der Waals surface area contributed by atoms with Gasteiger partial charge in [-0.15, -0.1) is 0 Å². The van der Waals surface area contributed by atoms with Crippen LogP contribution in [0.4, 0.5) is 11.4 Å². The molecule has 0 unspecified atom stereocenters. The van der Waals surface area contributed by atoms with Gasteiger partial charge in [0, 0.05) is 18.3 Å². The molecule has 0 heterocycles. The first-order chi connectivity index (χ1) is 13.4. The van der Waals surface area contributed by atoms with Gasteiger partial charge in [0.15, 0.2) is 5.11 Å². The summed E-state index contributed by atoms with van der Waals surface area (Å²) in [7, 11) is 0. The van der Waals surface area contributed by atoms with Crippen LogP contribution >= 0.6 is 12.2 Å². The van der Waals surface area contributed by atoms with Crippen molar-refractivity contribution < 1.29 is 14.3 Å². The number of para-hydroxylation sites is 1. The normalized spacial score (nSPS) is 10.1. The zero-order valence-corrected chi connectivity index (χ0v) is 17.1. The van der Waals surface area contributed by atoms with Crippen molar-refractivity contribution in [2.75, 3.05) is 17.2 Å². The largest absolute Gasteiger partial charge is 0.493 e. The first-order valence-electron chi connectivity index (χ1n) is 9.13. The molecule has 2 aromatic rings. The second kappa shape index (κ2) is 10.4. The van der Waals surface area contributed by atoms with E-state index < -0.39 is 0 Å². The van der Waals surface area contributed by atoms with Crippen LogP contribution in [0.25, 0.3) is 0 Å². The minimum absolute atomic E-state index is 0.157. The molecular weight excluding hydrogens is 374 g/mol. The van der Waals surface area contributed by atoms with E-state index in [1.807, 2.05) is 25.1 Å². The third-order valence-electron chi connectivity index (χ3n) is 3.92. The highest BCUT2D eigenvalue weighted by atomic mass is 32.1. The van der Waals surface area contributed by atoms with Gasteiger partial charge in [-0.25, -0.2) is 0 Å². The molecule has 7 heteroatoms. The Kier molecular flexibility index (Phi) is 7.95. The number of thiocarbonyl (C=S) groups is 1. The SMILES string of the molecule is CCCCOc1ccccc1C(=O)NC(=S)Nc1ccc(C)c(NC(C)=O)c1. The topological polar surface area (TPSA) is 79.5 Å². The predicted molar refractivity (Wildman–Crippen MR) is 116 cm³/mol. The fourth-order valence-corrected chi connectivity index (χ4v) is 2.67. The van der Waals surface area contributed by atoms with Crippen LogP contribution in [0, 0.1) is 6.92 Å². The van der Waals surface area contributed by atoms with Gasteiger partial charge in [-0.3, -0.25) is 14.9 Å². The maximum atomic E-state index is 12.6. The van der Waals surface area contributed by atoms with Crippen LogP contribution in [0.5, 0.6) is 5.75 Å². The molecule has 28 heavy (non-hydrogen) atoms. The molecule has 0 saturated carbocycles. The summed E-state index contributed by atoms with van der Waals surface area (Å²) in [6.07, 6.45) is 1.93. The highest BCUT2D eigenvalue weighted by Crippen LogP contribution is 2.21. The molecule has 0 fully saturated rings. The van der Waals surface area contributed by atoms with Gasteiger partial charge >= 0.3 is 0 Å². The van der Waals surface area contributed by atoms with Crippen LogP contribution in [-0.4, -0.2) is 23.5 Å². The lowest BCUT2D eigenvalue weighted by molar-refractivity contribution is -0.114. The Morgan fingerprint density at radius 3 is 2.57 bits per heavy atom. The molecule has 0 aliphatic heterocycles. The highest BCUT2D eigenvalue weighted by Gasteiger charge is 2.14. The second-order valence-electron chi connectivity index (χ2n) is 6.32. The lowest BCUT2D eigenvalue weighted by Gasteiger charge is -2.14. The second-order valence-corrected chi connectivity index (χ2v) is 6.73. The van der Waals surface area contributed by atoms with Gasteiger partial charge in [0.2, 0.25) is 5.91 Å². The molecule has 0 aliphatic carbocycles. The van der Waals surface area contributed by atoms with Gasteiger partial charge in [0.05, 0.1) is 12.2 Å². The van der Waals surface area contributed by atoms with Crippen molar-refractivity contribution in [3.63, 3.8) is 0 Å². The monoisotopic (exact) mass is 399 g/mol. The summed E-state index contributed by atoms with van der Waals surface area (Å²) >= 11 is 5.25. The molecule has 0 atom stereocenters. The molecule has 148 valence electrons. The average Bonchev–Trinajstić information content (AvgIpc) is 2.64. The number of carbonyl (C=O) groups excluding carboxylic acids is 2. The van der Waals surface area contributed by atoms with Crippen molar-refractivity contribution in [1.82, 2.24) is 5.32 Å². The summed E-state index contributed by atoms with van der Waals surface area (Å²) in [4.78, 5) is 23.9. The van der Waals surface area contributed by atoms with Crippen molar-refractivity contribution >= 4 is 40.5 Å². The van der Waals surface area contributed by atoms with E-state index in [-0.39, 0.29) is 16.9 Å². The lowest BCUT2D eigenvalue weighted by Crippen LogP contribution is -2.34. The Morgan fingerprint density at radius 1 is 1.11 bits per heavy atom. The predicted octanol–water partition coefficient (Wildman–Crippen LogP) is 4.26. The molecular formula is C21H25N3O3S. The van der Waals surface area contributed by atoms with Crippen LogP contribution in [-0.2, 0) is 4.79 Å². The smallest absolute Gasteiger partial charge is 0.261 e. The van der Waals surface area contributed by atoms with Crippen LogP contribution in [0.15, 0.2) is 42.5 Å². The Balaban J connectivity index is 2.04. The summed E-state index contributed by atoms with van der Waals surface area (Å²) in [5.41, 5.74) is 2.69. The minimum Gasteiger partial charge on any atom is -0.493 e. The minimum atomic E-state index is -0.348. The highest BCUT2D eigenvalue weighted by molar-refractivity contribution is 7.80. The van der Waals surface area contributed by atoms with Crippen LogP contribution in [0.1, 0.15) is 42.6 Å². The fourth-order valence-electron chi connectivity index (χ4n) is 2.46. The molecule has 3 N–H and O–H groups in total.